The van der Waals surface area contributed by atoms with Gasteiger partial charge in [-0.15, -0.1) is 0 Å². The summed E-state index contributed by atoms with van der Waals surface area (Å²) in [6, 6.07) is 7.95. The van der Waals surface area contributed by atoms with Crippen molar-refractivity contribution >= 4 is 5.97 Å². The van der Waals surface area contributed by atoms with Gasteiger partial charge in [0.2, 0.25) is 0 Å². The molecule has 1 rings (SSSR count). The second kappa shape index (κ2) is 5.92. The first kappa shape index (κ1) is 12.3. The van der Waals surface area contributed by atoms with E-state index in [2.05, 4.69) is 10.8 Å². The summed E-state index contributed by atoms with van der Waals surface area (Å²) in [4.78, 5) is 11.2. The molecule has 0 aromatic heterocycles. The Morgan fingerprint density at radius 3 is 2.88 bits per heavy atom. The zero-order chi connectivity index (χ0) is 12.0. The summed E-state index contributed by atoms with van der Waals surface area (Å²) in [5.74, 6) is -0.246. The van der Waals surface area contributed by atoms with Gasteiger partial charge in [-0.05, 0) is 30.0 Å². The third kappa shape index (κ3) is 3.09. The van der Waals surface area contributed by atoms with Crippen LogP contribution in [0.2, 0.25) is 0 Å². The molecule has 0 amide bonds. The minimum atomic E-state index is -0.246. The van der Waals surface area contributed by atoms with Crippen LogP contribution in [-0.4, -0.2) is 13.1 Å². The lowest BCUT2D eigenvalue weighted by Gasteiger charge is -2.10. The Morgan fingerprint density at radius 2 is 2.25 bits per heavy atom. The molecular weight excluding hydrogens is 202 g/mol. The van der Waals surface area contributed by atoms with Gasteiger partial charge >= 0.3 is 5.97 Å². The van der Waals surface area contributed by atoms with E-state index in [4.69, 9.17) is 5.26 Å². The average Bonchev–Trinajstić information content (AvgIpc) is 2.28. The normalized spacial score (nSPS) is 9.56. The molecular formula is C13H15NO2. The van der Waals surface area contributed by atoms with Crippen LogP contribution in [-0.2, 0) is 22.4 Å². The average molecular weight is 217 g/mol. The highest BCUT2D eigenvalue weighted by Crippen LogP contribution is 2.17. The van der Waals surface area contributed by atoms with Gasteiger partial charge in [0.25, 0.3) is 0 Å². The van der Waals surface area contributed by atoms with Crippen LogP contribution in [0.4, 0.5) is 0 Å². The molecule has 84 valence electrons. The maximum Gasteiger partial charge on any atom is 0.309 e. The Balaban J connectivity index is 2.94. The number of aryl methyl sites for hydroxylation is 1. The molecule has 3 heteroatoms. The van der Waals surface area contributed by atoms with Crippen LogP contribution in [0.5, 0.6) is 0 Å². The van der Waals surface area contributed by atoms with E-state index in [0.29, 0.717) is 12.8 Å². The quantitative estimate of drug-likeness (QED) is 0.726. The number of benzene rings is 1. The number of carbonyl (C=O) groups is 1. The molecule has 3 nitrogen and oxygen atoms in total. The molecule has 0 saturated carbocycles. The Morgan fingerprint density at radius 1 is 1.50 bits per heavy atom. The van der Waals surface area contributed by atoms with Crippen LogP contribution in [0.25, 0.3) is 0 Å². The van der Waals surface area contributed by atoms with Gasteiger partial charge in [-0.1, -0.05) is 18.2 Å². The molecule has 0 radical (unpaired) electrons. The summed E-state index contributed by atoms with van der Waals surface area (Å²) in [6.45, 7) is 1.99. The summed E-state index contributed by atoms with van der Waals surface area (Å²) < 4.78 is 4.65. The monoisotopic (exact) mass is 217 g/mol. The van der Waals surface area contributed by atoms with Gasteiger partial charge in [-0.25, -0.2) is 0 Å². The van der Waals surface area contributed by atoms with Crippen molar-refractivity contribution in [2.45, 2.75) is 26.2 Å². The molecule has 1 aromatic rings. The molecule has 0 saturated heterocycles. The van der Waals surface area contributed by atoms with Crippen LogP contribution >= 0.6 is 0 Å². The Labute approximate surface area is 95.7 Å². The molecule has 0 atom stereocenters. The number of ether oxygens (including phenoxy) is 1. The van der Waals surface area contributed by atoms with Gasteiger partial charge < -0.3 is 4.74 Å². The van der Waals surface area contributed by atoms with Crippen LogP contribution in [0, 0.1) is 18.3 Å². The molecule has 0 heterocycles. The first-order valence-electron chi connectivity index (χ1n) is 5.20. The van der Waals surface area contributed by atoms with E-state index in [1.807, 2.05) is 25.1 Å². The molecule has 0 aliphatic carbocycles. The first-order chi connectivity index (χ1) is 7.69. The van der Waals surface area contributed by atoms with Crippen molar-refractivity contribution in [2.24, 2.45) is 0 Å². The van der Waals surface area contributed by atoms with Crippen molar-refractivity contribution in [3.8, 4) is 6.07 Å². The number of carbonyl (C=O) groups excluding carboxylic acids is 1. The van der Waals surface area contributed by atoms with Crippen molar-refractivity contribution in [3.05, 3.63) is 34.9 Å². The van der Waals surface area contributed by atoms with Crippen molar-refractivity contribution in [2.75, 3.05) is 7.11 Å². The molecule has 0 aliphatic rings. The van der Waals surface area contributed by atoms with Crippen molar-refractivity contribution in [1.82, 2.24) is 0 Å². The highest BCUT2D eigenvalue weighted by molar-refractivity contribution is 5.73. The van der Waals surface area contributed by atoms with Gasteiger partial charge in [-0.2, -0.15) is 5.26 Å². The molecule has 0 fully saturated rings. The number of nitriles is 1. The minimum Gasteiger partial charge on any atom is -0.469 e. The second-order valence-electron chi connectivity index (χ2n) is 3.62. The smallest absolute Gasteiger partial charge is 0.309 e. The molecule has 0 aliphatic heterocycles. The zero-order valence-electron chi connectivity index (χ0n) is 9.62. The molecule has 0 N–H and O–H groups in total. The second-order valence-corrected chi connectivity index (χ2v) is 3.62. The fourth-order valence-electron chi connectivity index (χ4n) is 1.69. The molecule has 0 bridgehead atoms. The first-order valence-corrected chi connectivity index (χ1v) is 5.20. The predicted molar refractivity (Wildman–Crippen MR) is 60.8 cm³/mol. The number of hydrogen-bond acceptors (Lipinski definition) is 3. The minimum absolute atomic E-state index is 0.246. The van der Waals surface area contributed by atoms with Crippen molar-refractivity contribution < 1.29 is 9.53 Å². The van der Waals surface area contributed by atoms with E-state index < -0.39 is 0 Å². The molecule has 0 spiro atoms. The van der Waals surface area contributed by atoms with E-state index in [-0.39, 0.29) is 12.4 Å². The molecule has 16 heavy (non-hydrogen) atoms. The number of nitrogens with zero attached hydrogens (tertiary/aromatic N) is 1. The van der Waals surface area contributed by atoms with Crippen molar-refractivity contribution in [3.63, 3.8) is 0 Å². The lowest BCUT2D eigenvalue weighted by molar-refractivity contribution is -0.139. The summed E-state index contributed by atoms with van der Waals surface area (Å²) in [6.07, 6.45) is 1.44. The number of esters is 1. The van der Waals surface area contributed by atoms with Crippen LogP contribution < -0.4 is 0 Å². The standard InChI is InChI=1S/C13H15NO2/c1-10-5-3-6-11(9-13(15)16-2)12(10)7-4-8-14/h3,5-6H,4,7,9H2,1-2H3. The van der Waals surface area contributed by atoms with E-state index in [9.17, 15) is 4.79 Å². The Kier molecular flexibility index (Phi) is 4.53. The highest BCUT2D eigenvalue weighted by atomic mass is 16.5. The molecule has 0 unspecified atom stereocenters. The SMILES string of the molecule is COC(=O)Cc1cccc(C)c1CCC#N. The molecule has 1 aromatic carbocycles. The third-order valence-corrected chi connectivity index (χ3v) is 2.56. The van der Waals surface area contributed by atoms with E-state index in [0.717, 1.165) is 16.7 Å². The largest absolute Gasteiger partial charge is 0.469 e. The summed E-state index contributed by atoms with van der Waals surface area (Å²) in [5.41, 5.74) is 3.17. The summed E-state index contributed by atoms with van der Waals surface area (Å²) >= 11 is 0. The number of rotatable bonds is 4. The fourth-order valence-corrected chi connectivity index (χ4v) is 1.69. The van der Waals surface area contributed by atoms with Gasteiger partial charge in [-0.3, -0.25) is 4.79 Å². The number of methoxy groups -OCH3 is 1. The van der Waals surface area contributed by atoms with E-state index >= 15 is 0 Å². The van der Waals surface area contributed by atoms with E-state index in [1.165, 1.54) is 7.11 Å². The topological polar surface area (TPSA) is 50.1 Å². The Bertz CT molecular complexity index is 418. The predicted octanol–water partition coefficient (Wildman–Crippen LogP) is 2.17. The van der Waals surface area contributed by atoms with Gasteiger partial charge in [0.15, 0.2) is 0 Å². The summed E-state index contributed by atoms with van der Waals surface area (Å²) in [5, 5.41) is 8.60. The third-order valence-electron chi connectivity index (χ3n) is 2.56. The lowest BCUT2D eigenvalue weighted by Crippen LogP contribution is -2.07. The summed E-state index contributed by atoms with van der Waals surface area (Å²) in [7, 11) is 1.38. The Hall–Kier alpha value is -1.82. The van der Waals surface area contributed by atoms with Crippen LogP contribution in [0.1, 0.15) is 23.1 Å². The van der Waals surface area contributed by atoms with Crippen LogP contribution in [0.3, 0.4) is 0 Å². The number of hydrogen-bond donors (Lipinski definition) is 0. The van der Waals surface area contributed by atoms with Gasteiger partial charge in [0, 0.05) is 6.42 Å². The zero-order valence-corrected chi connectivity index (χ0v) is 9.62. The van der Waals surface area contributed by atoms with Gasteiger partial charge in [0.1, 0.15) is 0 Å². The highest BCUT2D eigenvalue weighted by Gasteiger charge is 2.09. The maximum absolute atomic E-state index is 11.2. The van der Waals surface area contributed by atoms with E-state index in [1.54, 1.807) is 0 Å². The maximum atomic E-state index is 11.2. The fraction of sp³-hybridized carbons (Fsp3) is 0.385. The lowest BCUT2D eigenvalue weighted by atomic mass is 9.96. The van der Waals surface area contributed by atoms with Gasteiger partial charge in [0.05, 0.1) is 19.6 Å². The van der Waals surface area contributed by atoms with Crippen LogP contribution in [0.15, 0.2) is 18.2 Å². The van der Waals surface area contributed by atoms with Crippen molar-refractivity contribution in [1.29, 1.82) is 5.26 Å².